The second kappa shape index (κ2) is 8.49. The Morgan fingerprint density at radius 2 is 1.94 bits per heavy atom. The molecule has 0 aromatic carbocycles. The van der Waals surface area contributed by atoms with Crippen molar-refractivity contribution in [2.75, 3.05) is 11.5 Å². The Kier molecular flexibility index (Phi) is 7.73. The van der Waals surface area contributed by atoms with Gasteiger partial charge in [-0.3, -0.25) is 4.79 Å². The maximum atomic E-state index is 11.9. The second-order valence-corrected chi connectivity index (χ2v) is 8.55. The first-order valence-corrected chi connectivity index (χ1v) is 9.49. The van der Waals surface area contributed by atoms with Crippen LogP contribution in [0.15, 0.2) is 0 Å². The zero-order valence-corrected chi connectivity index (χ0v) is 13.5. The third-order valence-corrected chi connectivity index (χ3v) is 6.17. The lowest BCUT2D eigenvalue weighted by molar-refractivity contribution is -0.120. The molecule has 0 aromatic heterocycles. The highest BCUT2D eigenvalue weighted by Crippen LogP contribution is 2.32. The van der Waals surface area contributed by atoms with Gasteiger partial charge in [-0.25, -0.2) is 0 Å². The van der Waals surface area contributed by atoms with Gasteiger partial charge >= 0.3 is 0 Å². The van der Waals surface area contributed by atoms with Gasteiger partial charge in [-0.2, -0.15) is 0 Å². The van der Waals surface area contributed by atoms with Crippen molar-refractivity contribution in [3.8, 4) is 0 Å². The van der Waals surface area contributed by atoms with Crippen molar-refractivity contribution in [3.05, 3.63) is 0 Å². The normalized spacial score (nSPS) is 30.6. The summed E-state index contributed by atoms with van der Waals surface area (Å²) in [5.74, 6) is 4.22. The van der Waals surface area contributed by atoms with Crippen LogP contribution in [0.3, 0.4) is 0 Å². The Morgan fingerprint density at radius 3 is 2.61 bits per heavy atom. The van der Waals surface area contributed by atoms with Crippen LogP contribution in [-0.2, 0) is 4.79 Å². The standard InChI is InChI=1S/C14H27NOS2/c1-10(2)6-13(16)7-12-5-4-11(3)14(15)9-18-17-8-12/h10-12,14H,4-9,15H2,1-3H3. The van der Waals surface area contributed by atoms with Crippen LogP contribution < -0.4 is 5.73 Å². The Bertz CT molecular complexity index is 258. The van der Waals surface area contributed by atoms with E-state index in [1.165, 1.54) is 6.42 Å². The summed E-state index contributed by atoms with van der Waals surface area (Å²) in [6.45, 7) is 6.48. The van der Waals surface area contributed by atoms with Crippen LogP contribution in [0.5, 0.6) is 0 Å². The lowest BCUT2D eigenvalue weighted by Crippen LogP contribution is -2.30. The maximum absolute atomic E-state index is 11.9. The van der Waals surface area contributed by atoms with Gasteiger partial charge in [0.1, 0.15) is 5.78 Å². The highest BCUT2D eigenvalue weighted by atomic mass is 33.1. The van der Waals surface area contributed by atoms with E-state index in [-0.39, 0.29) is 0 Å². The largest absolute Gasteiger partial charge is 0.327 e. The number of hydrogen-bond acceptors (Lipinski definition) is 4. The molecule has 3 unspecified atom stereocenters. The first-order chi connectivity index (χ1) is 8.49. The predicted molar refractivity (Wildman–Crippen MR) is 83.9 cm³/mol. The van der Waals surface area contributed by atoms with Crippen molar-refractivity contribution in [3.63, 3.8) is 0 Å². The number of carbonyl (C=O) groups is 1. The molecule has 0 saturated carbocycles. The molecule has 0 aromatic rings. The van der Waals surface area contributed by atoms with Gasteiger partial charge < -0.3 is 5.73 Å². The van der Waals surface area contributed by atoms with E-state index in [9.17, 15) is 4.79 Å². The van der Waals surface area contributed by atoms with Gasteiger partial charge in [0.2, 0.25) is 0 Å². The third-order valence-electron chi connectivity index (χ3n) is 3.56. The van der Waals surface area contributed by atoms with Crippen molar-refractivity contribution in [2.24, 2.45) is 23.5 Å². The molecule has 1 aliphatic rings. The quantitative estimate of drug-likeness (QED) is 0.801. The zero-order valence-electron chi connectivity index (χ0n) is 11.9. The highest BCUT2D eigenvalue weighted by Gasteiger charge is 2.21. The van der Waals surface area contributed by atoms with Gasteiger partial charge in [-0.05, 0) is 30.6 Å². The average molecular weight is 290 g/mol. The monoisotopic (exact) mass is 289 g/mol. The molecule has 0 radical (unpaired) electrons. The zero-order chi connectivity index (χ0) is 13.5. The molecule has 1 heterocycles. The van der Waals surface area contributed by atoms with Crippen LogP contribution >= 0.6 is 21.6 Å². The fourth-order valence-corrected chi connectivity index (χ4v) is 5.03. The molecule has 4 heteroatoms. The van der Waals surface area contributed by atoms with Crippen LogP contribution in [0.2, 0.25) is 0 Å². The first-order valence-electron chi connectivity index (χ1n) is 7.00. The SMILES string of the molecule is CC(C)CC(=O)CC1CCC(C)C(N)CSSC1. The summed E-state index contributed by atoms with van der Waals surface area (Å²) in [5, 5.41) is 0. The summed E-state index contributed by atoms with van der Waals surface area (Å²) in [4.78, 5) is 11.9. The van der Waals surface area contributed by atoms with Crippen LogP contribution in [-0.4, -0.2) is 23.3 Å². The average Bonchev–Trinajstić information content (AvgIpc) is 2.34. The molecule has 0 spiro atoms. The number of hydrogen-bond donors (Lipinski definition) is 1. The van der Waals surface area contributed by atoms with E-state index in [0.717, 1.165) is 30.8 Å². The number of rotatable bonds is 4. The Hall–Kier alpha value is 0.330. The Morgan fingerprint density at radius 1 is 1.28 bits per heavy atom. The molecule has 0 bridgehead atoms. The van der Waals surface area contributed by atoms with Crippen molar-refractivity contribution in [1.29, 1.82) is 0 Å². The lowest BCUT2D eigenvalue weighted by Gasteiger charge is -2.19. The molecule has 2 N–H and O–H groups in total. The molecule has 1 saturated heterocycles. The minimum atomic E-state index is 0.313. The third kappa shape index (κ3) is 6.48. The van der Waals surface area contributed by atoms with Crippen molar-refractivity contribution in [1.82, 2.24) is 0 Å². The van der Waals surface area contributed by atoms with Crippen molar-refractivity contribution >= 4 is 27.4 Å². The predicted octanol–water partition coefficient (Wildman–Crippen LogP) is 3.75. The fourth-order valence-electron chi connectivity index (χ4n) is 2.25. The van der Waals surface area contributed by atoms with E-state index >= 15 is 0 Å². The van der Waals surface area contributed by atoms with Crippen LogP contribution in [0.1, 0.15) is 46.5 Å². The van der Waals surface area contributed by atoms with E-state index in [4.69, 9.17) is 5.73 Å². The van der Waals surface area contributed by atoms with E-state index < -0.39 is 0 Å². The molecular formula is C14H27NOS2. The minimum absolute atomic E-state index is 0.313. The fraction of sp³-hybridized carbons (Fsp3) is 0.929. The summed E-state index contributed by atoms with van der Waals surface area (Å²) in [5.41, 5.74) is 6.13. The van der Waals surface area contributed by atoms with Gasteiger partial charge in [0, 0.05) is 30.4 Å². The topological polar surface area (TPSA) is 43.1 Å². The van der Waals surface area contributed by atoms with E-state index in [0.29, 0.717) is 29.6 Å². The number of nitrogens with two attached hydrogens (primary N) is 1. The van der Waals surface area contributed by atoms with Crippen molar-refractivity contribution in [2.45, 2.75) is 52.5 Å². The van der Waals surface area contributed by atoms with Crippen LogP contribution in [0.4, 0.5) is 0 Å². The molecule has 106 valence electrons. The van der Waals surface area contributed by atoms with E-state index in [1.807, 2.05) is 21.6 Å². The molecule has 18 heavy (non-hydrogen) atoms. The summed E-state index contributed by atoms with van der Waals surface area (Å²) in [6, 6.07) is 0.313. The summed E-state index contributed by atoms with van der Waals surface area (Å²) in [6.07, 6.45) is 3.84. The van der Waals surface area contributed by atoms with Crippen LogP contribution in [0, 0.1) is 17.8 Å². The van der Waals surface area contributed by atoms with Gasteiger partial charge in [-0.15, -0.1) is 0 Å². The Balaban J connectivity index is 2.41. The minimum Gasteiger partial charge on any atom is -0.327 e. The van der Waals surface area contributed by atoms with Crippen molar-refractivity contribution < 1.29 is 4.79 Å². The Labute approximate surface area is 120 Å². The van der Waals surface area contributed by atoms with Gasteiger partial charge in [0.05, 0.1) is 0 Å². The van der Waals surface area contributed by atoms with Gasteiger partial charge in [0.15, 0.2) is 0 Å². The van der Waals surface area contributed by atoms with Gasteiger partial charge in [0.25, 0.3) is 0 Å². The van der Waals surface area contributed by atoms with E-state index in [2.05, 4.69) is 20.8 Å². The number of ketones is 1. The molecule has 0 aliphatic carbocycles. The summed E-state index contributed by atoms with van der Waals surface area (Å²) >= 11 is 0. The molecular weight excluding hydrogens is 262 g/mol. The molecule has 0 amide bonds. The highest BCUT2D eigenvalue weighted by molar-refractivity contribution is 8.76. The number of Topliss-reactive ketones (excluding diaryl/α,β-unsaturated/α-hetero) is 1. The first kappa shape index (κ1) is 16.4. The molecule has 3 atom stereocenters. The van der Waals surface area contributed by atoms with Crippen LogP contribution in [0.25, 0.3) is 0 Å². The summed E-state index contributed by atoms with van der Waals surface area (Å²) < 4.78 is 0. The molecule has 2 nitrogen and oxygen atoms in total. The number of carbonyl (C=O) groups excluding carboxylic acids is 1. The smallest absolute Gasteiger partial charge is 0.133 e. The van der Waals surface area contributed by atoms with E-state index in [1.54, 1.807) is 0 Å². The molecule has 1 rings (SSSR count). The lowest BCUT2D eigenvalue weighted by atomic mass is 9.90. The summed E-state index contributed by atoms with van der Waals surface area (Å²) in [7, 11) is 3.78. The molecule has 1 aliphatic heterocycles. The van der Waals surface area contributed by atoms with Gasteiger partial charge in [-0.1, -0.05) is 42.4 Å². The molecule has 1 fully saturated rings. The maximum Gasteiger partial charge on any atom is 0.133 e. The second-order valence-electron chi connectivity index (χ2n) is 5.99.